The minimum absolute atomic E-state index is 0.0687. The van der Waals surface area contributed by atoms with Crippen LogP contribution in [0.2, 0.25) is 0 Å². The van der Waals surface area contributed by atoms with Crippen LogP contribution in [0.15, 0.2) is 18.3 Å². The smallest absolute Gasteiger partial charge is 0.272 e. The molecule has 0 saturated carbocycles. The second kappa shape index (κ2) is 6.68. The van der Waals surface area contributed by atoms with Crippen LogP contribution >= 0.6 is 0 Å². The van der Waals surface area contributed by atoms with Crippen molar-refractivity contribution in [2.24, 2.45) is 0 Å². The second-order valence-corrected chi connectivity index (χ2v) is 6.45. The fourth-order valence-corrected chi connectivity index (χ4v) is 3.58. The van der Waals surface area contributed by atoms with Gasteiger partial charge in [0.1, 0.15) is 11.5 Å². The highest BCUT2D eigenvalue weighted by molar-refractivity contribution is 5.92. The lowest BCUT2D eigenvalue weighted by Gasteiger charge is -2.38. The number of carbonyl (C=O) groups is 1. The first-order valence-electron chi connectivity index (χ1n) is 8.05. The van der Waals surface area contributed by atoms with Gasteiger partial charge in [-0.2, -0.15) is 0 Å². The highest BCUT2D eigenvalue weighted by Crippen LogP contribution is 2.35. The number of aliphatic hydroxyl groups is 1. The molecule has 1 amide bonds. The van der Waals surface area contributed by atoms with Crippen molar-refractivity contribution >= 4 is 5.91 Å². The monoisotopic (exact) mass is 343 g/mol. The van der Waals surface area contributed by atoms with Crippen molar-refractivity contribution < 1.29 is 23.1 Å². The average Bonchev–Trinajstić information content (AvgIpc) is 2.90. The van der Waals surface area contributed by atoms with Gasteiger partial charge in [0, 0.05) is 31.6 Å². The third kappa shape index (κ3) is 3.54. The number of pyridine rings is 1. The number of piperidine rings is 1. The summed E-state index contributed by atoms with van der Waals surface area (Å²) in [5.41, 5.74) is 0.177. The van der Waals surface area contributed by atoms with Gasteiger partial charge in [-0.05, 0) is 25.0 Å². The molecular formula is C16H20F3N3O2. The van der Waals surface area contributed by atoms with E-state index >= 15 is 0 Å². The zero-order chi connectivity index (χ0) is 17.3. The van der Waals surface area contributed by atoms with Crippen molar-refractivity contribution in [3.05, 3.63) is 29.8 Å². The maximum absolute atomic E-state index is 13.6. The molecule has 0 radical (unpaired) electrons. The number of halogens is 3. The summed E-state index contributed by atoms with van der Waals surface area (Å²) in [6.07, 6.45) is 1.82. The number of hydrogen-bond acceptors (Lipinski definition) is 4. The van der Waals surface area contributed by atoms with Gasteiger partial charge >= 0.3 is 0 Å². The van der Waals surface area contributed by atoms with Gasteiger partial charge in [0.15, 0.2) is 0 Å². The summed E-state index contributed by atoms with van der Waals surface area (Å²) in [5.74, 6) is -3.55. The molecule has 0 bridgehead atoms. The Balaban J connectivity index is 1.59. The van der Waals surface area contributed by atoms with Gasteiger partial charge in [0.05, 0.1) is 19.3 Å². The molecule has 2 fully saturated rings. The lowest BCUT2D eigenvalue weighted by Crippen LogP contribution is -2.49. The van der Waals surface area contributed by atoms with E-state index in [9.17, 15) is 23.1 Å². The van der Waals surface area contributed by atoms with E-state index in [4.69, 9.17) is 0 Å². The van der Waals surface area contributed by atoms with Crippen LogP contribution in [0, 0.1) is 5.82 Å². The largest absolute Gasteiger partial charge is 0.395 e. The molecule has 3 heterocycles. The first-order chi connectivity index (χ1) is 11.4. The van der Waals surface area contributed by atoms with E-state index in [0.717, 1.165) is 6.20 Å². The van der Waals surface area contributed by atoms with Crippen molar-refractivity contribution in [3.8, 4) is 0 Å². The number of nitrogens with zero attached hydrogens (tertiary/aromatic N) is 3. The molecule has 5 nitrogen and oxygen atoms in total. The maximum Gasteiger partial charge on any atom is 0.272 e. The van der Waals surface area contributed by atoms with Crippen LogP contribution in [-0.4, -0.2) is 70.0 Å². The topological polar surface area (TPSA) is 56.7 Å². The lowest BCUT2D eigenvalue weighted by atomic mass is 10.0. The minimum atomic E-state index is -2.77. The number of alkyl halides is 2. The number of carbonyl (C=O) groups excluding carboxylic acids is 1. The molecular weight excluding hydrogens is 323 g/mol. The first-order valence-corrected chi connectivity index (χ1v) is 8.05. The van der Waals surface area contributed by atoms with Gasteiger partial charge in [0.2, 0.25) is 0 Å². The van der Waals surface area contributed by atoms with Crippen molar-refractivity contribution in [2.75, 3.05) is 26.2 Å². The van der Waals surface area contributed by atoms with Crippen LogP contribution in [0.1, 0.15) is 29.8 Å². The third-order valence-corrected chi connectivity index (χ3v) is 4.80. The molecule has 1 aromatic rings. The molecule has 2 aliphatic heterocycles. The molecule has 2 aliphatic rings. The van der Waals surface area contributed by atoms with Crippen molar-refractivity contribution in [2.45, 2.75) is 37.3 Å². The number of likely N-dealkylation sites (tertiary alicyclic amines) is 2. The van der Waals surface area contributed by atoms with Gasteiger partial charge in [-0.3, -0.25) is 9.69 Å². The standard InChI is InChI=1S/C16H20F3N3O2/c17-11-1-2-14(20-8-11)15(24)21-5-3-12(4-6-21)22-10-16(18,19)7-13(22)9-23/h1-2,8,12-13,23H,3-7,9-10H2/t13-/m0/s1. The van der Waals surface area contributed by atoms with E-state index in [1.807, 2.05) is 0 Å². The van der Waals surface area contributed by atoms with Crippen LogP contribution in [0.4, 0.5) is 13.2 Å². The minimum Gasteiger partial charge on any atom is -0.395 e. The lowest BCUT2D eigenvalue weighted by molar-refractivity contribution is 0.00294. The predicted molar refractivity (Wildman–Crippen MR) is 80.3 cm³/mol. The zero-order valence-electron chi connectivity index (χ0n) is 13.2. The molecule has 1 N–H and O–H groups in total. The summed E-state index contributed by atoms with van der Waals surface area (Å²) in [5, 5.41) is 9.33. The Morgan fingerprint density at radius 1 is 1.33 bits per heavy atom. The Labute approximate surface area is 138 Å². The van der Waals surface area contributed by atoms with E-state index in [1.165, 1.54) is 12.1 Å². The second-order valence-electron chi connectivity index (χ2n) is 6.45. The number of rotatable bonds is 3. The summed E-state index contributed by atoms with van der Waals surface area (Å²) >= 11 is 0. The molecule has 1 atom stereocenters. The first kappa shape index (κ1) is 17.2. The van der Waals surface area contributed by atoms with Crippen molar-refractivity contribution in [3.63, 3.8) is 0 Å². The fourth-order valence-electron chi connectivity index (χ4n) is 3.58. The Morgan fingerprint density at radius 2 is 2.04 bits per heavy atom. The summed E-state index contributed by atoms with van der Waals surface area (Å²) in [7, 11) is 0. The molecule has 0 aromatic carbocycles. The quantitative estimate of drug-likeness (QED) is 0.904. The van der Waals surface area contributed by atoms with Gasteiger partial charge in [-0.15, -0.1) is 0 Å². The predicted octanol–water partition coefficient (Wildman–Crippen LogP) is 1.53. The van der Waals surface area contributed by atoms with Crippen LogP contribution in [0.25, 0.3) is 0 Å². The molecule has 3 rings (SSSR count). The Hall–Kier alpha value is -1.67. The number of aromatic nitrogens is 1. The van der Waals surface area contributed by atoms with E-state index in [-0.39, 0.29) is 37.2 Å². The average molecular weight is 343 g/mol. The van der Waals surface area contributed by atoms with E-state index in [0.29, 0.717) is 25.9 Å². The highest BCUT2D eigenvalue weighted by atomic mass is 19.3. The van der Waals surface area contributed by atoms with Gasteiger partial charge in [-0.25, -0.2) is 18.2 Å². The van der Waals surface area contributed by atoms with Crippen LogP contribution in [0.3, 0.4) is 0 Å². The van der Waals surface area contributed by atoms with Crippen LogP contribution in [-0.2, 0) is 0 Å². The normalized spacial score (nSPS) is 25.2. The van der Waals surface area contributed by atoms with Crippen molar-refractivity contribution in [1.82, 2.24) is 14.8 Å². The molecule has 8 heteroatoms. The van der Waals surface area contributed by atoms with Gasteiger partial charge < -0.3 is 10.0 Å². The zero-order valence-corrected chi connectivity index (χ0v) is 13.2. The molecule has 1 aromatic heterocycles. The Kier molecular flexibility index (Phi) is 4.78. The van der Waals surface area contributed by atoms with Crippen LogP contribution < -0.4 is 0 Å². The van der Waals surface area contributed by atoms with E-state index < -0.39 is 17.8 Å². The molecule has 2 saturated heterocycles. The fraction of sp³-hybridized carbons (Fsp3) is 0.625. The number of amides is 1. The molecule has 132 valence electrons. The molecule has 24 heavy (non-hydrogen) atoms. The summed E-state index contributed by atoms with van der Waals surface area (Å²) in [4.78, 5) is 19.4. The van der Waals surface area contributed by atoms with Crippen LogP contribution in [0.5, 0.6) is 0 Å². The maximum atomic E-state index is 13.6. The highest BCUT2D eigenvalue weighted by Gasteiger charge is 2.47. The number of hydrogen-bond donors (Lipinski definition) is 1. The Bertz CT molecular complexity index is 589. The Morgan fingerprint density at radius 3 is 2.62 bits per heavy atom. The SMILES string of the molecule is O=C(c1ccc(F)cn1)N1CCC(N2CC(F)(F)C[C@H]2CO)CC1. The van der Waals surface area contributed by atoms with E-state index in [1.54, 1.807) is 9.80 Å². The summed E-state index contributed by atoms with van der Waals surface area (Å²) in [6.45, 7) is 0.246. The third-order valence-electron chi connectivity index (χ3n) is 4.80. The summed E-state index contributed by atoms with van der Waals surface area (Å²) < 4.78 is 40.1. The number of aliphatic hydroxyl groups excluding tert-OH is 1. The molecule has 0 aliphatic carbocycles. The van der Waals surface area contributed by atoms with Gasteiger partial charge in [0.25, 0.3) is 11.8 Å². The summed E-state index contributed by atoms with van der Waals surface area (Å²) in [6, 6.07) is 1.93. The van der Waals surface area contributed by atoms with Gasteiger partial charge in [-0.1, -0.05) is 0 Å². The van der Waals surface area contributed by atoms with E-state index in [2.05, 4.69) is 4.98 Å². The van der Waals surface area contributed by atoms with Crippen molar-refractivity contribution in [1.29, 1.82) is 0 Å². The molecule has 0 spiro atoms. The molecule has 0 unspecified atom stereocenters.